The summed E-state index contributed by atoms with van der Waals surface area (Å²) in [7, 11) is 0. The van der Waals surface area contributed by atoms with E-state index in [1.807, 2.05) is 22.7 Å². The van der Waals surface area contributed by atoms with E-state index in [-0.39, 0.29) is 0 Å². The Kier molecular flexibility index (Phi) is 8.88. The average Bonchev–Trinajstić information content (AvgIpc) is 4.00. The topological polar surface area (TPSA) is 9.86 Å². The summed E-state index contributed by atoms with van der Waals surface area (Å²) < 4.78 is 5.03. The summed E-state index contributed by atoms with van der Waals surface area (Å²) in [5, 5.41) is 5.36. The van der Waals surface area contributed by atoms with Crippen molar-refractivity contribution < 1.29 is 0 Å². The zero-order valence-corrected chi connectivity index (χ0v) is 31.4. The van der Waals surface area contributed by atoms with E-state index in [1.165, 1.54) is 111 Å². The van der Waals surface area contributed by atoms with Gasteiger partial charge in [0.25, 0.3) is 0 Å². The molecule has 0 saturated carbocycles. The summed E-state index contributed by atoms with van der Waals surface area (Å²) >= 11 is 3.79. The lowest BCUT2D eigenvalue weighted by Gasteiger charge is -2.07. The first-order valence-electron chi connectivity index (χ1n) is 18.7. The van der Waals surface area contributed by atoms with E-state index in [2.05, 4.69) is 169 Å². The van der Waals surface area contributed by atoms with Crippen LogP contribution in [0.25, 0.3) is 86.4 Å². The number of hydrogen-bond donors (Lipinski definition) is 0. The van der Waals surface area contributed by atoms with Crippen molar-refractivity contribution in [3.63, 3.8) is 0 Å². The van der Waals surface area contributed by atoms with Crippen molar-refractivity contribution in [2.45, 2.75) is 52.6 Å². The molecule has 0 atom stereocenters. The molecule has 256 valence electrons. The van der Waals surface area contributed by atoms with Gasteiger partial charge in [-0.3, -0.25) is 0 Å². The van der Waals surface area contributed by atoms with E-state index in [0.717, 1.165) is 13.1 Å². The van der Waals surface area contributed by atoms with Gasteiger partial charge < -0.3 is 9.13 Å². The standard InChI is InChI=1S/C48H42N2S2/c1-3-5-28-49-41-15-11-10-14-37(41)39-31-35(19-22-43(39)49)45-24-26-47(51-45)48-27-25-46(52-48)36-20-23-44-40(32-36)38-30-34(17-16-33-12-8-7-9-13-33)18-21-42(38)50(44)29-6-4-2/h7-27,30-32H,3-6,28-29H2,1-2H3/b17-16+. The molecule has 52 heavy (non-hydrogen) atoms. The fraction of sp³-hybridized carbons (Fsp3) is 0.167. The molecule has 0 bridgehead atoms. The van der Waals surface area contributed by atoms with Crippen molar-refractivity contribution in [2.75, 3.05) is 0 Å². The molecule has 9 aromatic rings. The number of fused-ring (bicyclic) bond motifs is 6. The second kappa shape index (κ2) is 14.1. The Morgan fingerprint density at radius 2 is 0.904 bits per heavy atom. The highest BCUT2D eigenvalue weighted by Crippen LogP contribution is 2.43. The average molecular weight is 711 g/mol. The van der Waals surface area contributed by atoms with Crippen molar-refractivity contribution in [2.24, 2.45) is 0 Å². The van der Waals surface area contributed by atoms with Gasteiger partial charge in [0.15, 0.2) is 0 Å². The maximum Gasteiger partial charge on any atom is 0.0491 e. The Labute approximate surface area is 313 Å². The summed E-state index contributed by atoms with van der Waals surface area (Å²) in [6.07, 6.45) is 9.18. The van der Waals surface area contributed by atoms with Crippen molar-refractivity contribution in [3.8, 4) is 30.6 Å². The summed E-state index contributed by atoms with van der Waals surface area (Å²) in [6, 6.07) is 49.7. The Morgan fingerprint density at radius 3 is 1.52 bits per heavy atom. The van der Waals surface area contributed by atoms with Gasteiger partial charge in [-0.1, -0.05) is 106 Å². The Morgan fingerprint density at radius 1 is 0.423 bits per heavy atom. The molecule has 0 aliphatic rings. The molecule has 2 nitrogen and oxygen atoms in total. The lowest BCUT2D eigenvalue weighted by atomic mass is 10.1. The third-order valence-corrected chi connectivity index (χ3v) is 12.9. The predicted molar refractivity (Wildman–Crippen MR) is 230 cm³/mol. The third kappa shape index (κ3) is 6.00. The molecule has 4 heterocycles. The van der Waals surface area contributed by atoms with Crippen molar-refractivity contribution in [3.05, 3.63) is 145 Å². The molecule has 0 fully saturated rings. The van der Waals surface area contributed by atoms with Crippen molar-refractivity contribution in [1.82, 2.24) is 9.13 Å². The van der Waals surface area contributed by atoms with Crippen LogP contribution in [-0.2, 0) is 13.1 Å². The Bertz CT molecular complexity index is 2710. The van der Waals surface area contributed by atoms with Crippen LogP contribution >= 0.6 is 22.7 Å². The minimum Gasteiger partial charge on any atom is -0.340 e. The predicted octanol–water partition coefficient (Wildman–Crippen LogP) is 14.8. The largest absolute Gasteiger partial charge is 0.340 e. The number of thiophene rings is 2. The highest BCUT2D eigenvalue weighted by atomic mass is 32.1. The normalized spacial score (nSPS) is 12.0. The van der Waals surface area contributed by atoms with Crippen LogP contribution in [0.15, 0.2) is 133 Å². The minimum atomic E-state index is 1.03. The molecule has 0 radical (unpaired) electrons. The van der Waals surface area contributed by atoms with E-state index in [0.29, 0.717) is 0 Å². The number of nitrogens with zero attached hydrogens (tertiary/aromatic N) is 2. The number of aromatic nitrogens is 2. The van der Waals surface area contributed by atoms with Crippen LogP contribution in [0.2, 0.25) is 0 Å². The van der Waals surface area contributed by atoms with Gasteiger partial charge in [-0.2, -0.15) is 0 Å². The molecule has 9 rings (SSSR count). The molecule has 0 saturated heterocycles. The zero-order valence-electron chi connectivity index (χ0n) is 29.8. The van der Waals surface area contributed by atoms with Crippen LogP contribution in [-0.4, -0.2) is 9.13 Å². The Hall–Kier alpha value is -5.16. The summed E-state index contributed by atoms with van der Waals surface area (Å²) in [5.41, 5.74) is 10.3. The van der Waals surface area contributed by atoms with Crippen LogP contribution in [0.1, 0.15) is 50.7 Å². The second-order valence-electron chi connectivity index (χ2n) is 13.8. The van der Waals surface area contributed by atoms with Crippen LogP contribution in [0, 0.1) is 0 Å². The van der Waals surface area contributed by atoms with Crippen LogP contribution in [0.3, 0.4) is 0 Å². The number of unbranched alkanes of at least 4 members (excludes halogenated alkanes) is 2. The van der Waals surface area contributed by atoms with Gasteiger partial charge >= 0.3 is 0 Å². The molecular weight excluding hydrogens is 669 g/mol. The van der Waals surface area contributed by atoms with E-state index in [9.17, 15) is 0 Å². The van der Waals surface area contributed by atoms with Gasteiger partial charge in [0.05, 0.1) is 0 Å². The molecule has 0 aliphatic carbocycles. The quantitative estimate of drug-likeness (QED) is 0.118. The molecule has 0 spiro atoms. The smallest absolute Gasteiger partial charge is 0.0491 e. The van der Waals surface area contributed by atoms with Gasteiger partial charge in [0.1, 0.15) is 0 Å². The van der Waals surface area contributed by atoms with E-state index in [4.69, 9.17) is 0 Å². The molecular formula is C48H42N2S2. The van der Waals surface area contributed by atoms with Gasteiger partial charge in [-0.25, -0.2) is 0 Å². The first-order valence-corrected chi connectivity index (χ1v) is 20.3. The van der Waals surface area contributed by atoms with Gasteiger partial charge in [0.2, 0.25) is 0 Å². The van der Waals surface area contributed by atoms with Gasteiger partial charge in [-0.15, -0.1) is 22.7 Å². The van der Waals surface area contributed by atoms with Gasteiger partial charge in [-0.05, 0) is 102 Å². The minimum absolute atomic E-state index is 1.03. The fourth-order valence-corrected chi connectivity index (χ4v) is 9.80. The SMILES string of the molecule is CCCCn1c2ccccc2c2cc(-c3ccc(-c4ccc(-c5ccc6c(c5)c5cc(/C=C/c7ccccc7)ccc5n6CCCC)s4)s3)ccc21. The molecule has 5 aromatic carbocycles. The van der Waals surface area contributed by atoms with E-state index < -0.39 is 0 Å². The van der Waals surface area contributed by atoms with E-state index >= 15 is 0 Å². The highest BCUT2D eigenvalue weighted by Gasteiger charge is 2.16. The van der Waals surface area contributed by atoms with Gasteiger partial charge in [0, 0.05) is 76.2 Å². The molecule has 0 aliphatic heterocycles. The zero-order chi connectivity index (χ0) is 35.0. The number of para-hydroxylation sites is 1. The lowest BCUT2D eigenvalue weighted by Crippen LogP contribution is -1.96. The number of rotatable bonds is 11. The maximum absolute atomic E-state index is 2.52. The lowest BCUT2D eigenvalue weighted by molar-refractivity contribution is 0.665. The molecule has 0 N–H and O–H groups in total. The monoisotopic (exact) mass is 710 g/mol. The molecule has 4 aromatic heterocycles. The van der Waals surface area contributed by atoms with Crippen LogP contribution < -0.4 is 0 Å². The summed E-state index contributed by atoms with van der Waals surface area (Å²) in [5.74, 6) is 0. The first-order chi connectivity index (χ1) is 25.7. The molecule has 0 amide bonds. The highest BCUT2D eigenvalue weighted by molar-refractivity contribution is 7.25. The van der Waals surface area contributed by atoms with Crippen molar-refractivity contribution >= 4 is 78.4 Å². The van der Waals surface area contributed by atoms with E-state index in [1.54, 1.807) is 0 Å². The summed E-state index contributed by atoms with van der Waals surface area (Å²) in [6.45, 7) is 6.64. The fourth-order valence-electron chi connectivity index (χ4n) is 7.71. The van der Waals surface area contributed by atoms with Crippen LogP contribution in [0.5, 0.6) is 0 Å². The Balaban J connectivity index is 1.04. The molecule has 0 unspecified atom stereocenters. The maximum atomic E-state index is 2.52. The number of aryl methyl sites for hydroxylation is 2. The number of benzene rings is 5. The van der Waals surface area contributed by atoms with Crippen LogP contribution in [0.4, 0.5) is 0 Å². The first kappa shape index (κ1) is 32.7. The van der Waals surface area contributed by atoms with Crippen molar-refractivity contribution in [1.29, 1.82) is 0 Å². The molecule has 4 heteroatoms. The third-order valence-electron chi connectivity index (χ3n) is 10.4. The number of hydrogen-bond acceptors (Lipinski definition) is 2. The summed E-state index contributed by atoms with van der Waals surface area (Å²) in [4.78, 5) is 5.27. The second-order valence-corrected chi connectivity index (χ2v) is 16.0.